The molecular formula is C25H35N5O6. The summed E-state index contributed by atoms with van der Waals surface area (Å²) in [6.45, 7) is 3.15. The number of nitrogens with two attached hydrogens (primary N) is 1. The number of aromatic nitrogens is 1. The second-order valence-electron chi connectivity index (χ2n) is 9.31. The monoisotopic (exact) mass is 501 g/mol. The molecule has 1 fully saturated rings. The molecule has 7 N–H and O–H groups in total. The van der Waals surface area contributed by atoms with Gasteiger partial charge in [0, 0.05) is 23.6 Å². The van der Waals surface area contributed by atoms with E-state index >= 15 is 0 Å². The number of carbonyl (C=O) groups is 4. The number of aliphatic hydroxyl groups excluding tert-OH is 1. The van der Waals surface area contributed by atoms with Crippen LogP contribution in [0.5, 0.6) is 0 Å². The highest BCUT2D eigenvalue weighted by Crippen LogP contribution is 2.21. The van der Waals surface area contributed by atoms with Gasteiger partial charge < -0.3 is 36.5 Å². The van der Waals surface area contributed by atoms with Crippen molar-refractivity contribution in [2.75, 3.05) is 13.2 Å². The van der Waals surface area contributed by atoms with Gasteiger partial charge in [-0.2, -0.15) is 0 Å². The third-order valence-corrected chi connectivity index (χ3v) is 6.86. The molecule has 0 saturated carbocycles. The lowest BCUT2D eigenvalue weighted by Crippen LogP contribution is -2.58. The van der Waals surface area contributed by atoms with Crippen molar-refractivity contribution in [1.82, 2.24) is 20.5 Å². The Morgan fingerprint density at radius 3 is 2.61 bits per heavy atom. The number of amides is 3. The smallest absolute Gasteiger partial charge is 0.326 e. The van der Waals surface area contributed by atoms with E-state index in [1.54, 1.807) is 13.1 Å². The molecule has 5 unspecified atom stereocenters. The minimum absolute atomic E-state index is 0.225. The van der Waals surface area contributed by atoms with E-state index in [4.69, 9.17) is 5.73 Å². The number of carboxylic acid groups (broad SMARTS) is 1. The maximum Gasteiger partial charge on any atom is 0.326 e. The normalized spacial score (nSPS) is 18.9. The number of nitrogens with zero attached hydrogens (tertiary/aromatic N) is 1. The van der Waals surface area contributed by atoms with Crippen molar-refractivity contribution in [2.45, 2.75) is 63.7 Å². The summed E-state index contributed by atoms with van der Waals surface area (Å²) >= 11 is 0. The van der Waals surface area contributed by atoms with Gasteiger partial charge in [0.1, 0.15) is 18.1 Å². The lowest BCUT2D eigenvalue weighted by molar-refractivity contribution is -0.146. The van der Waals surface area contributed by atoms with E-state index in [0.29, 0.717) is 19.3 Å². The number of rotatable bonds is 11. The lowest BCUT2D eigenvalue weighted by Gasteiger charge is -2.30. The van der Waals surface area contributed by atoms with E-state index in [1.807, 2.05) is 31.2 Å². The molecule has 11 heteroatoms. The number of aliphatic carboxylic acids is 1. The Morgan fingerprint density at radius 2 is 1.94 bits per heavy atom. The van der Waals surface area contributed by atoms with Gasteiger partial charge in [-0.25, -0.2) is 4.79 Å². The van der Waals surface area contributed by atoms with E-state index in [9.17, 15) is 29.4 Å². The van der Waals surface area contributed by atoms with Crippen LogP contribution in [0, 0.1) is 5.92 Å². The van der Waals surface area contributed by atoms with Gasteiger partial charge in [-0.1, -0.05) is 38.5 Å². The second-order valence-corrected chi connectivity index (χ2v) is 9.31. The zero-order valence-electron chi connectivity index (χ0n) is 20.6. The number of aromatic amines is 1. The number of H-pyrrole nitrogens is 1. The van der Waals surface area contributed by atoms with E-state index in [0.717, 1.165) is 16.5 Å². The Labute approximate surface area is 209 Å². The standard InChI is InChI=1S/C25H35N5O6/c1-3-14(2)21(25(35)36)29-23(33)20-9-6-10-30(20)24(34)19(13-31)28-22(32)17(26)11-15-12-27-18-8-5-4-7-16(15)18/h4-5,7-8,12,14,17,19-21,27,31H,3,6,9-11,13,26H2,1-2H3,(H,28,32)(H,29,33)(H,35,36). The van der Waals surface area contributed by atoms with Crippen LogP contribution < -0.4 is 16.4 Å². The summed E-state index contributed by atoms with van der Waals surface area (Å²) in [7, 11) is 0. The lowest BCUT2D eigenvalue weighted by atomic mass is 9.98. The molecule has 11 nitrogen and oxygen atoms in total. The van der Waals surface area contributed by atoms with Crippen LogP contribution >= 0.6 is 0 Å². The van der Waals surface area contributed by atoms with E-state index in [-0.39, 0.29) is 18.9 Å². The molecule has 0 spiro atoms. The summed E-state index contributed by atoms with van der Waals surface area (Å²) in [5, 5.41) is 25.3. The number of hydrogen-bond donors (Lipinski definition) is 6. The summed E-state index contributed by atoms with van der Waals surface area (Å²) in [5.74, 6) is -3.21. The molecule has 5 atom stereocenters. The molecule has 3 rings (SSSR count). The molecule has 2 aromatic rings. The fourth-order valence-electron chi connectivity index (χ4n) is 4.53. The van der Waals surface area contributed by atoms with E-state index in [2.05, 4.69) is 15.6 Å². The highest BCUT2D eigenvalue weighted by molar-refractivity contribution is 5.95. The molecule has 36 heavy (non-hydrogen) atoms. The number of para-hydroxylation sites is 1. The predicted molar refractivity (Wildman–Crippen MR) is 133 cm³/mol. The Hall–Kier alpha value is -3.44. The Kier molecular flexibility index (Phi) is 9.05. The van der Waals surface area contributed by atoms with Gasteiger partial charge >= 0.3 is 5.97 Å². The molecule has 0 radical (unpaired) electrons. The maximum atomic E-state index is 13.2. The number of carbonyl (C=O) groups excluding carboxylic acids is 3. The third kappa shape index (κ3) is 6.03. The zero-order chi connectivity index (χ0) is 26.4. The predicted octanol–water partition coefficient (Wildman–Crippen LogP) is 0.121. The molecule has 196 valence electrons. The number of nitrogens with one attached hydrogen (secondary N) is 3. The van der Waals surface area contributed by atoms with Gasteiger partial charge in [-0.15, -0.1) is 0 Å². The fourth-order valence-corrected chi connectivity index (χ4v) is 4.53. The van der Waals surface area contributed by atoms with Gasteiger partial charge in [0.15, 0.2) is 0 Å². The molecule has 1 aromatic heterocycles. The molecular weight excluding hydrogens is 466 g/mol. The van der Waals surface area contributed by atoms with Gasteiger partial charge in [-0.05, 0) is 36.8 Å². The van der Waals surface area contributed by atoms with Crippen LogP contribution in [0.25, 0.3) is 10.9 Å². The van der Waals surface area contributed by atoms with Crippen molar-refractivity contribution in [1.29, 1.82) is 0 Å². The first-order valence-corrected chi connectivity index (χ1v) is 12.2. The van der Waals surface area contributed by atoms with E-state index < -0.39 is 54.5 Å². The molecule has 1 saturated heterocycles. The van der Waals surface area contributed by atoms with Crippen molar-refractivity contribution in [3.05, 3.63) is 36.0 Å². The summed E-state index contributed by atoms with van der Waals surface area (Å²) in [6, 6.07) is 3.42. The number of carboxylic acids is 1. The Balaban J connectivity index is 1.64. The van der Waals surface area contributed by atoms with Gasteiger partial charge in [0.2, 0.25) is 17.7 Å². The van der Waals surface area contributed by atoms with Crippen LogP contribution in [0.2, 0.25) is 0 Å². The Bertz CT molecular complexity index is 1100. The number of aliphatic hydroxyl groups is 1. The van der Waals surface area contributed by atoms with Gasteiger partial charge in [0.05, 0.1) is 12.6 Å². The van der Waals surface area contributed by atoms with Crippen LogP contribution in [0.15, 0.2) is 30.5 Å². The molecule has 2 heterocycles. The number of fused-ring (bicyclic) bond motifs is 1. The minimum Gasteiger partial charge on any atom is -0.480 e. The fraction of sp³-hybridized carbons (Fsp3) is 0.520. The average molecular weight is 502 g/mol. The first-order valence-electron chi connectivity index (χ1n) is 12.2. The SMILES string of the molecule is CCC(C)C(NC(=O)C1CCCN1C(=O)C(CO)NC(=O)C(N)Cc1c[nH]c2ccccc12)C(=O)O. The molecule has 3 amide bonds. The van der Waals surface area contributed by atoms with Crippen molar-refractivity contribution < 1.29 is 29.4 Å². The van der Waals surface area contributed by atoms with Crippen molar-refractivity contribution >= 4 is 34.6 Å². The van der Waals surface area contributed by atoms with Crippen LogP contribution in [0.3, 0.4) is 0 Å². The summed E-state index contributed by atoms with van der Waals surface area (Å²) in [5.41, 5.74) is 7.87. The second kappa shape index (κ2) is 12.0. The summed E-state index contributed by atoms with van der Waals surface area (Å²) in [6.07, 6.45) is 3.46. The number of likely N-dealkylation sites (tertiary alicyclic amines) is 1. The number of hydrogen-bond acceptors (Lipinski definition) is 6. The number of benzene rings is 1. The molecule has 1 aliphatic heterocycles. The van der Waals surface area contributed by atoms with E-state index in [1.165, 1.54) is 4.90 Å². The molecule has 1 aliphatic rings. The topological polar surface area (TPSA) is 178 Å². The van der Waals surface area contributed by atoms with Crippen molar-refractivity contribution in [3.63, 3.8) is 0 Å². The summed E-state index contributed by atoms with van der Waals surface area (Å²) < 4.78 is 0. The van der Waals surface area contributed by atoms with Crippen LogP contribution in [0.1, 0.15) is 38.7 Å². The third-order valence-electron chi connectivity index (χ3n) is 6.86. The van der Waals surface area contributed by atoms with Crippen molar-refractivity contribution in [2.24, 2.45) is 11.7 Å². The quantitative estimate of drug-likeness (QED) is 0.253. The summed E-state index contributed by atoms with van der Waals surface area (Å²) in [4.78, 5) is 54.8. The highest BCUT2D eigenvalue weighted by atomic mass is 16.4. The van der Waals surface area contributed by atoms with Crippen LogP contribution in [-0.4, -0.2) is 81.1 Å². The van der Waals surface area contributed by atoms with Crippen molar-refractivity contribution in [3.8, 4) is 0 Å². The first kappa shape index (κ1) is 27.2. The molecule has 0 bridgehead atoms. The largest absolute Gasteiger partial charge is 0.480 e. The van der Waals surface area contributed by atoms with Gasteiger partial charge in [0.25, 0.3) is 0 Å². The molecule has 1 aromatic carbocycles. The van der Waals surface area contributed by atoms with Crippen LogP contribution in [-0.2, 0) is 25.6 Å². The van der Waals surface area contributed by atoms with Gasteiger partial charge in [-0.3, -0.25) is 14.4 Å². The highest BCUT2D eigenvalue weighted by Gasteiger charge is 2.39. The first-order chi connectivity index (χ1) is 17.2. The zero-order valence-corrected chi connectivity index (χ0v) is 20.6. The average Bonchev–Trinajstić information content (AvgIpc) is 3.52. The van der Waals surface area contributed by atoms with Crippen LogP contribution in [0.4, 0.5) is 0 Å². The maximum absolute atomic E-state index is 13.2. The minimum atomic E-state index is -1.27. The molecule has 0 aliphatic carbocycles. The Morgan fingerprint density at radius 1 is 1.22 bits per heavy atom.